The Bertz CT molecular complexity index is 425. The van der Waals surface area contributed by atoms with E-state index in [1.54, 1.807) is 12.1 Å². The molecule has 18 heavy (non-hydrogen) atoms. The van der Waals surface area contributed by atoms with Gasteiger partial charge in [0.05, 0.1) is 0 Å². The summed E-state index contributed by atoms with van der Waals surface area (Å²) in [5, 5.41) is 8.87. The number of rotatable bonds is 2. The number of halogens is 1. The van der Waals surface area contributed by atoms with Gasteiger partial charge in [-0.3, -0.25) is 0 Å². The number of carbonyl (C=O) groups is 1. The third-order valence-corrected chi connectivity index (χ3v) is 3.50. The van der Waals surface area contributed by atoms with Crippen molar-refractivity contribution in [1.29, 1.82) is 0 Å². The minimum atomic E-state index is -0.890. The van der Waals surface area contributed by atoms with Crippen molar-refractivity contribution < 1.29 is 14.3 Å². The minimum absolute atomic E-state index is 0.259. The number of hydrogen-bond acceptors (Lipinski definition) is 2. The van der Waals surface area contributed by atoms with Gasteiger partial charge < -0.3 is 15.7 Å². The van der Waals surface area contributed by atoms with E-state index in [1.165, 1.54) is 17.0 Å². The number of carboxylic acid groups (broad SMARTS) is 1. The molecule has 2 rings (SSSR count). The third kappa shape index (κ3) is 2.98. The topological polar surface area (TPSA) is 66.6 Å². The van der Waals surface area contributed by atoms with Crippen LogP contribution in [0.2, 0.25) is 0 Å². The largest absolute Gasteiger partial charge is 0.465 e. The normalized spacial score (nSPS) is 18.7. The standard InChI is InChI=1S/C13H17FN2O2/c14-11-3-1-10(2-4-11)9-13(15)5-7-16(8-6-13)12(17)18/h1-4H,5-9,15H2,(H,17,18). The van der Waals surface area contributed by atoms with Crippen LogP contribution in [-0.4, -0.2) is 34.7 Å². The van der Waals surface area contributed by atoms with Crippen LogP contribution in [0.1, 0.15) is 18.4 Å². The average Bonchev–Trinajstić information content (AvgIpc) is 2.32. The van der Waals surface area contributed by atoms with Crippen molar-refractivity contribution in [3.8, 4) is 0 Å². The fraction of sp³-hybridized carbons (Fsp3) is 0.462. The number of nitrogens with zero attached hydrogens (tertiary/aromatic N) is 1. The average molecular weight is 252 g/mol. The summed E-state index contributed by atoms with van der Waals surface area (Å²) < 4.78 is 12.8. The lowest BCUT2D eigenvalue weighted by atomic mass is 9.83. The highest BCUT2D eigenvalue weighted by atomic mass is 19.1. The Hall–Kier alpha value is -1.62. The van der Waals surface area contributed by atoms with Crippen LogP contribution in [0.15, 0.2) is 24.3 Å². The molecule has 0 aromatic heterocycles. The monoisotopic (exact) mass is 252 g/mol. The van der Waals surface area contributed by atoms with E-state index in [9.17, 15) is 9.18 Å². The second-order valence-electron chi connectivity index (χ2n) is 4.94. The second-order valence-corrected chi connectivity index (χ2v) is 4.94. The first kappa shape index (κ1) is 12.8. The van der Waals surface area contributed by atoms with Gasteiger partial charge in [-0.05, 0) is 37.0 Å². The molecular formula is C13H17FN2O2. The Morgan fingerprint density at radius 3 is 2.39 bits per heavy atom. The molecule has 98 valence electrons. The number of benzene rings is 1. The third-order valence-electron chi connectivity index (χ3n) is 3.50. The maximum atomic E-state index is 12.8. The Morgan fingerprint density at radius 2 is 1.89 bits per heavy atom. The number of piperidine rings is 1. The lowest BCUT2D eigenvalue weighted by Crippen LogP contribution is -2.52. The maximum Gasteiger partial charge on any atom is 0.407 e. The molecule has 1 aliphatic heterocycles. The zero-order chi connectivity index (χ0) is 13.2. The Labute approximate surface area is 105 Å². The summed E-state index contributed by atoms with van der Waals surface area (Å²) in [6.07, 6.45) is 1.03. The molecule has 1 aromatic carbocycles. The van der Waals surface area contributed by atoms with Gasteiger partial charge in [-0.1, -0.05) is 12.1 Å². The first-order valence-electron chi connectivity index (χ1n) is 6.00. The fourth-order valence-electron chi connectivity index (χ4n) is 2.33. The van der Waals surface area contributed by atoms with Crippen LogP contribution in [0, 0.1) is 5.82 Å². The van der Waals surface area contributed by atoms with Crippen molar-refractivity contribution in [2.24, 2.45) is 5.73 Å². The molecular weight excluding hydrogens is 235 g/mol. The van der Waals surface area contributed by atoms with E-state index < -0.39 is 6.09 Å². The predicted molar refractivity (Wildman–Crippen MR) is 65.9 cm³/mol. The van der Waals surface area contributed by atoms with Crippen molar-refractivity contribution in [2.75, 3.05) is 13.1 Å². The molecule has 4 nitrogen and oxygen atoms in total. The van der Waals surface area contributed by atoms with Gasteiger partial charge in [0, 0.05) is 18.6 Å². The van der Waals surface area contributed by atoms with Gasteiger partial charge in [0.2, 0.25) is 0 Å². The zero-order valence-electron chi connectivity index (χ0n) is 10.1. The summed E-state index contributed by atoms with van der Waals surface area (Å²) in [5.41, 5.74) is 6.88. The van der Waals surface area contributed by atoms with Crippen LogP contribution in [-0.2, 0) is 6.42 Å². The molecule has 0 bridgehead atoms. The van der Waals surface area contributed by atoms with E-state index in [1.807, 2.05) is 0 Å². The number of nitrogens with two attached hydrogens (primary N) is 1. The van der Waals surface area contributed by atoms with E-state index in [0.29, 0.717) is 32.4 Å². The number of hydrogen-bond donors (Lipinski definition) is 2. The Kier molecular flexibility index (Phi) is 3.52. The van der Waals surface area contributed by atoms with Gasteiger partial charge in [0.25, 0.3) is 0 Å². The summed E-state index contributed by atoms with van der Waals surface area (Å²) in [7, 11) is 0. The molecule has 1 fully saturated rings. The van der Waals surface area contributed by atoms with Crippen molar-refractivity contribution in [2.45, 2.75) is 24.8 Å². The fourth-order valence-corrected chi connectivity index (χ4v) is 2.33. The SMILES string of the molecule is NC1(Cc2ccc(F)cc2)CCN(C(=O)O)CC1. The maximum absolute atomic E-state index is 12.8. The van der Waals surface area contributed by atoms with Crippen molar-refractivity contribution in [3.05, 3.63) is 35.6 Å². The molecule has 5 heteroatoms. The summed E-state index contributed by atoms with van der Waals surface area (Å²) in [6.45, 7) is 0.931. The smallest absolute Gasteiger partial charge is 0.407 e. The van der Waals surface area contributed by atoms with Crippen molar-refractivity contribution in [1.82, 2.24) is 4.90 Å². The van der Waals surface area contributed by atoms with Crippen molar-refractivity contribution in [3.63, 3.8) is 0 Å². The molecule has 1 saturated heterocycles. The van der Waals surface area contributed by atoms with Crippen LogP contribution in [0.4, 0.5) is 9.18 Å². The van der Waals surface area contributed by atoms with Crippen LogP contribution in [0.5, 0.6) is 0 Å². The molecule has 0 atom stereocenters. The highest BCUT2D eigenvalue weighted by molar-refractivity contribution is 5.65. The van der Waals surface area contributed by atoms with E-state index in [2.05, 4.69) is 0 Å². The van der Waals surface area contributed by atoms with Crippen LogP contribution in [0.25, 0.3) is 0 Å². The lowest BCUT2D eigenvalue weighted by molar-refractivity contribution is 0.117. The molecule has 3 N–H and O–H groups in total. The van der Waals surface area contributed by atoms with Gasteiger partial charge in [-0.15, -0.1) is 0 Å². The first-order chi connectivity index (χ1) is 8.48. The lowest BCUT2D eigenvalue weighted by Gasteiger charge is -2.38. The molecule has 0 spiro atoms. The predicted octanol–water partition coefficient (Wildman–Crippen LogP) is 1.84. The van der Waals surface area contributed by atoms with Crippen LogP contribution < -0.4 is 5.73 Å². The quantitative estimate of drug-likeness (QED) is 0.844. The Balaban J connectivity index is 1.97. The molecule has 1 aliphatic rings. The van der Waals surface area contributed by atoms with E-state index in [4.69, 9.17) is 10.8 Å². The highest BCUT2D eigenvalue weighted by Crippen LogP contribution is 2.24. The van der Waals surface area contributed by atoms with Gasteiger partial charge in [0.15, 0.2) is 0 Å². The zero-order valence-corrected chi connectivity index (χ0v) is 10.1. The second kappa shape index (κ2) is 4.94. The van der Waals surface area contributed by atoms with E-state index in [-0.39, 0.29) is 11.4 Å². The minimum Gasteiger partial charge on any atom is -0.465 e. The number of likely N-dealkylation sites (tertiary alicyclic amines) is 1. The van der Waals surface area contributed by atoms with Gasteiger partial charge in [-0.2, -0.15) is 0 Å². The molecule has 1 amide bonds. The molecule has 1 aromatic rings. The summed E-state index contributed by atoms with van der Waals surface area (Å²) in [6, 6.07) is 6.30. The summed E-state index contributed by atoms with van der Waals surface area (Å²) in [4.78, 5) is 12.2. The molecule has 0 unspecified atom stereocenters. The Morgan fingerprint density at radius 1 is 1.33 bits per heavy atom. The van der Waals surface area contributed by atoms with Gasteiger partial charge in [0.1, 0.15) is 5.82 Å². The molecule has 0 aliphatic carbocycles. The van der Waals surface area contributed by atoms with Crippen LogP contribution in [0.3, 0.4) is 0 Å². The highest BCUT2D eigenvalue weighted by Gasteiger charge is 2.32. The van der Waals surface area contributed by atoms with Gasteiger partial charge in [-0.25, -0.2) is 9.18 Å². The molecule has 1 heterocycles. The van der Waals surface area contributed by atoms with E-state index >= 15 is 0 Å². The van der Waals surface area contributed by atoms with E-state index in [0.717, 1.165) is 5.56 Å². The summed E-state index contributed by atoms with van der Waals surface area (Å²) in [5.74, 6) is -0.259. The molecule has 0 radical (unpaired) electrons. The van der Waals surface area contributed by atoms with Crippen LogP contribution >= 0.6 is 0 Å². The molecule has 0 saturated carbocycles. The van der Waals surface area contributed by atoms with Crippen molar-refractivity contribution >= 4 is 6.09 Å². The number of amides is 1. The van der Waals surface area contributed by atoms with Gasteiger partial charge >= 0.3 is 6.09 Å². The first-order valence-corrected chi connectivity index (χ1v) is 6.00. The summed E-state index contributed by atoms with van der Waals surface area (Å²) >= 11 is 0.